The van der Waals surface area contributed by atoms with E-state index in [0.717, 1.165) is 0 Å². The number of hydrogen-bond acceptors (Lipinski definition) is 8. The Kier molecular flexibility index (Phi) is 10.7. The second kappa shape index (κ2) is 11.3. The van der Waals surface area contributed by atoms with Crippen molar-refractivity contribution in [2.24, 2.45) is 21.7 Å². The first kappa shape index (κ1) is 34.9. The molecule has 0 saturated heterocycles. The van der Waals surface area contributed by atoms with Crippen LogP contribution in [0.3, 0.4) is 0 Å². The fraction of sp³-hybridized carbons (Fsp3) is 0.862. The van der Waals surface area contributed by atoms with Crippen molar-refractivity contribution in [1.29, 1.82) is 0 Å². The summed E-state index contributed by atoms with van der Waals surface area (Å²) in [5.74, 6) is -3.49. The van der Waals surface area contributed by atoms with E-state index in [-0.39, 0.29) is 5.41 Å². The molecule has 8 heteroatoms. The minimum Gasteiger partial charge on any atom is -0.457 e. The smallest absolute Gasteiger partial charge is 0.352 e. The lowest BCUT2D eigenvalue weighted by Crippen LogP contribution is -2.53. The van der Waals surface area contributed by atoms with Gasteiger partial charge in [0.05, 0.1) is 10.8 Å². The van der Waals surface area contributed by atoms with E-state index in [1.807, 2.05) is 41.5 Å². The molecule has 8 nitrogen and oxygen atoms in total. The van der Waals surface area contributed by atoms with Crippen molar-refractivity contribution in [1.82, 2.24) is 0 Å². The predicted molar refractivity (Wildman–Crippen MR) is 143 cm³/mol. The second-order valence-corrected chi connectivity index (χ2v) is 15.2. The molecule has 0 saturated carbocycles. The molecule has 0 aromatic rings. The van der Waals surface area contributed by atoms with Crippen LogP contribution < -0.4 is 0 Å². The summed E-state index contributed by atoms with van der Waals surface area (Å²) in [6, 6.07) is 0. The predicted octanol–water partition coefficient (Wildman–Crippen LogP) is 6.03. The standard InChI is InChI=1S/C29H52O8/c1-24(2,3)17-28(13,14)22(32)34-18(20(30)36-26(7,8)9)19(21(31)37-27(10,11)12)35-23(33)29(15,16)25(4,5)6/h18-19H,17H2,1-16H3. The van der Waals surface area contributed by atoms with Crippen LogP contribution in [0, 0.1) is 21.7 Å². The summed E-state index contributed by atoms with van der Waals surface area (Å²) in [4.78, 5) is 53.4. The number of carbonyl (C=O) groups is 4. The number of esters is 4. The monoisotopic (exact) mass is 528 g/mol. The quantitative estimate of drug-likeness (QED) is 0.278. The summed E-state index contributed by atoms with van der Waals surface area (Å²) in [5, 5.41) is 0. The lowest BCUT2D eigenvalue weighted by Gasteiger charge is -2.38. The van der Waals surface area contributed by atoms with Crippen molar-refractivity contribution >= 4 is 23.9 Å². The van der Waals surface area contributed by atoms with Crippen molar-refractivity contribution < 1.29 is 38.1 Å². The van der Waals surface area contributed by atoms with Gasteiger partial charge in [-0.05, 0) is 86.5 Å². The summed E-state index contributed by atoms with van der Waals surface area (Å²) >= 11 is 0. The van der Waals surface area contributed by atoms with Gasteiger partial charge >= 0.3 is 23.9 Å². The Bertz CT molecular complexity index is 839. The van der Waals surface area contributed by atoms with E-state index in [0.29, 0.717) is 6.42 Å². The summed E-state index contributed by atoms with van der Waals surface area (Å²) in [6.45, 7) is 28.1. The van der Waals surface area contributed by atoms with Gasteiger partial charge in [-0.3, -0.25) is 9.59 Å². The highest BCUT2D eigenvalue weighted by atomic mass is 16.6. The summed E-state index contributed by atoms with van der Waals surface area (Å²) in [7, 11) is 0. The third-order valence-electron chi connectivity index (χ3n) is 5.93. The highest BCUT2D eigenvalue weighted by Gasteiger charge is 2.50. The number of hydrogen-bond donors (Lipinski definition) is 0. The molecule has 0 bridgehead atoms. The largest absolute Gasteiger partial charge is 0.457 e. The van der Waals surface area contributed by atoms with Crippen LogP contribution >= 0.6 is 0 Å². The third-order valence-corrected chi connectivity index (χ3v) is 5.93. The van der Waals surface area contributed by atoms with Gasteiger partial charge in [-0.25, -0.2) is 9.59 Å². The van der Waals surface area contributed by atoms with Gasteiger partial charge in [0, 0.05) is 0 Å². The minimum absolute atomic E-state index is 0.225. The topological polar surface area (TPSA) is 105 Å². The van der Waals surface area contributed by atoms with E-state index in [1.54, 1.807) is 69.2 Å². The average Bonchev–Trinajstić information content (AvgIpc) is 2.57. The van der Waals surface area contributed by atoms with Gasteiger partial charge in [0.2, 0.25) is 12.2 Å². The lowest BCUT2D eigenvalue weighted by atomic mass is 9.69. The molecule has 37 heavy (non-hydrogen) atoms. The van der Waals surface area contributed by atoms with Crippen LogP contribution in [-0.4, -0.2) is 47.3 Å². The van der Waals surface area contributed by atoms with Gasteiger partial charge < -0.3 is 18.9 Å². The molecular formula is C29H52O8. The molecule has 216 valence electrons. The molecule has 0 spiro atoms. The van der Waals surface area contributed by atoms with Crippen molar-refractivity contribution in [2.45, 2.75) is 141 Å². The van der Waals surface area contributed by atoms with Crippen LogP contribution in [0.25, 0.3) is 0 Å². The van der Waals surface area contributed by atoms with Crippen LogP contribution in [0.15, 0.2) is 0 Å². The molecule has 0 aliphatic carbocycles. The summed E-state index contributed by atoms with van der Waals surface area (Å²) < 4.78 is 22.3. The zero-order valence-corrected chi connectivity index (χ0v) is 26.1. The minimum atomic E-state index is -1.86. The Hall–Kier alpha value is -2.12. The molecule has 0 aliphatic heterocycles. The molecule has 0 fully saturated rings. The zero-order valence-electron chi connectivity index (χ0n) is 26.1. The SMILES string of the molecule is CC(C)(C)CC(C)(C)C(=O)OC(C(=O)OC(C)(C)C)C(OC(=O)C(C)(C)C(C)(C)C)C(=O)OC(C)(C)C. The van der Waals surface area contributed by atoms with Crippen LogP contribution in [0.1, 0.15) is 117 Å². The number of rotatable bonds is 8. The Balaban J connectivity index is 6.69. The molecular weight excluding hydrogens is 476 g/mol. The molecule has 0 radical (unpaired) electrons. The normalized spacial score (nSPS) is 15.4. The van der Waals surface area contributed by atoms with Gasteiger partial charge in [-0.1, -0.05) is 41.5 Å². The first-order valence-electron chi connectivity index (χ1n) is 12.9. The fourth-order valence-corrected chi connectivity index (χ4v) is 3.43. The molecule has 0 heterocycles. The van der Waals surface area contributed by atoms with Crippen LogP contribution in [0.5, 0.6) is 0 Å². The molecule has 0 aromatic heterocycles. The van der Waals surface area contributed by atoms with Gasteiger partial charge in [0.1, 0.15) is 11.2 Å². The molecule has 0 rings (SSSR count). The Morgan fingerprint density at radius 2 is 0.865 bits per heavy atom. The Morgan fingerprint density at radius 1 is 0.541 bits per heavy atom. The van der Waals surface area contributed by atoms with Crippen LogP contribution in [0.2, 0.25) is 0 Å². The lowest BCUT2D eigenvalue weighted by molar-refractivity contribution is -0.207. The van der Waals surface area contributed by atoms with Crippen LogP contribution in [0.4, 0.5) is 0 Å². The number of carbonyl (C=O) groups excluding carboxylic acids is 4. The maximum absolute atomic E-state index is 13.4. The molecule has 0 aromatic carbocycles. The summed E-state index contributed by atoms with van der Waals surface area (Å²) in [5.41, 5.74) is -4.76. The van der Waals surface area contributed by atoms with Crippen molar-refractivity contribution in [3.63, 3.8) is 0 Å². The van der Waals surface area contributed by atoms with E-state index in [4.69, 9.17) is 18.9 Å². The van der Waals surface area contributed by atoms with E-state index in [9.17, 15) is 19.2 Å². The molecule has 2 unspecified atom stereocenters. The third kappa shape index (κ3) is 11.4. The first-order chi connectivity index (χ1) is 16.0. The molecule has 0 aliphatic rings. The fourth-order valence-electron chi connectivity index (χ4n) is 3.43. The van der Waals surface area contributed by atoms with Gasteiger partial charge in [-0.15, -0.1) is 0 Å². The summed E-state index contributed by atoms with van der Waals surface area (Å²) in [6.07, 6.45) is -3.29. The van der Waals surface area contributed by atoms with E-state index < -0.39 is 63.5 Å². The maximum Gasteiger partial charge on any atom is 0.352 e. The van der Waals surface area contributed by atoms with Gasteiger partial charge in [0.25, 0.3) is 0 Å². The second-order valence-electron chi connectivity index (χ2n) is 15.2. The average molecular weight is 529 g/mol. The van der Waals surface area contributed by atoms with Crippen LogP contribution in [-0.2, 0) is 38.1 Å². The van der Waals surface area contributed by atoms with E-state index in [2.05, 4.69) is 0 Å². The van der Waals surface area contributed by atoms with Crippen molar-refractivity contribution in [3.8, 4) is 0 Å². The van der Waals surface area contributed by atoms with Gasteiger partial charge in [-0.2, -0.15) is 0 Å². The highest BCUT2D eigenvalue weighted by molar-refractivity contribution is 5.91. The van der Waals surface area contributed by atoms with Gasteiger partial charge in [0.15, 0.2) is 0 Å². The van der Waals surface area contributed by atoms with Crippen molar-refractivity contribution in [3.05, 3.63) is 0 Å². The molecule has 2 atom stereocenters. The highest BCUT2D eigenvalue weighted by Crippen LogP contribution is 2.40. The first-order valence-corrected chi connectivity index (χ1v) is 12.9. The zero-order chi connectivity index (χ0) is 30.0. The molecule has 0 N–H and O–H groups in total. The Morgan fingerprint density at radius 3 is 1.14 bits per heavy atom. The van der Waals surface area contributed by atoms with E-state index >= 15 is 0 Å². The number of ether oxygens (including phenoxy) is 4. The molecule has 0 amide bonds. The maximum atomic E-state index is 13.4. The van der Waals surface area contributed by atoms with E-state index in [1.165, 1.54) is 0 Å². The van der Waals surface area contributed by atoms with Crippen molar-refractivity contribution in [2.75, 3.05) is 0 Å². The Labute approximate surface area is 224 Å².